The highest BCUT2D eigenvalue weighted by molar-refractivity contribution is 7.16. The number of fused-ring (bicyclic) bond motifs is 1. The van der Waals surface area contributed by atoms with Gasteiger partial charge in [-0.05, 0) is 24.3 Å². The lowest BCUT2D eigenvalue weighted by Gasteiger charge is -2.10. The van der Waals surface area contributed by atoms with Crippen molar-refractivity contribution in [3.8, 4) is 0 Å². The van der Waals surface area contributed by atoms with Crippen LogP contribution in [-0.4, -0.2) is 27.7 Å². The van der Waals surface area contributed by atoms with Crippen molar-refractivity contribution in [1.29, 1.82) is 0 Å². The molecular weight excluding hydrogens is 246 g/mol. The minimum Gasteiger partial charge on any atom is -0.393 e. The van der Waals surface area contributed by atoms with Crippen LogP contribution in [0.25, 0.3) is 10.2 Å². The zero-order chi connectivity index (χ0) is 13.0. The van der Waals surface area contributed by atoms with Crippen molar-refractivity contribution < 1.29 is 5.11 Å². The maximum Gasteiger partial charge on any atom is 0.138 e. The largest absolute Gasteiger partial charge is 0.393 e. The monoisotopic (exact) mass is 265 g/mol. The van der Waals surface area contributed by atoms with E-state index >= 15 is 0 Å². The molecule has 0 aliphatic rings. The summed E-state index contributed by atoms with van der Waals surface area (Å²) in [5.41, 5.74) is 0. The molecule has 0 saturated heterocycles. The summed E-state index contributed by atoms with van der Waals surface area (Å²) in [5.74, 6) is 1.75. The molecule has 0 amide bonds. The summed E-state index contributed by atoms with van der Waals surface area (Å²) in [6, 6.07) is 2.04. The van der Waals surface area contributed by atoms with Gasteiger partial charge in [-0.25, -0.2) is 9.97 Å². The summed E-state index contributed by atoms with van der Waals surface area (Å²) in [7, 11) is 0. The number of aliphatic hydroxyl groups is 1. The van der Waals surface area contributed by atoms with Crippen molar-refractivity contribution in [2.75, 3.05) is 11.9 Å². The molecular formula is C13H19N3OS. The quantitative estimate of drug-likeness (QED) is 0.843. The van der Waals surface area contributed by atoms with Crippen LogP contribution in [0.5, 0.6) is 0 Å². The average molecular weight is 265 g/mol. The van der Waals surface area contributed by atoms with E-state index in [-0.39, 0.29) is 6.10 Å². The smallest absolute Gasteiger partial charge is 0.138 e. The Morgan fingerprint density at radius 3 is 2.94 bits per heavy atom. The Kier molecular flexibility index (Phi) is 4.49. The van der Waals surface area contributed by atoms with Crippen LogP contribution in [0.15, 0.2) is 11.4 Å². The number of aliphatic hydroxyl groups excluding tert-OH is 1. The standard InChI is InChI=1S/C13H19N3OS/c1-3-9(17)5-7-14-12-10-6-8-18-13(10)16-11(4-2)15-12/h6,8-9,17H,3-5,7H2,1-2H3,(H,14,15,16). The number of aryl methyl sites for hydroxylation is 1. The summed E-state index contributed by atoms with van der Waals surface area (Å²) in [6.07, 6.45) is 2.13. The number of anilines is 1. The van der Waals surface area contributed by atoms with Crippen LogP contribution in [0, 0.1) is 0 Å². The van der Waals surface area contributed by atoms with E-state index in [4.69, 9.17) is 0 Å². The third-order valence-corrected chi connectivity index (χ3v) is 3.74. The van der Waals surface area contributed by atoms with Crippen LogP contribution >= 0.6 is 11.3 Å². The van der Waals surface area contributed by atoms with Crippen LogP contribution in [-0.2, 0) is 6.42 Å². The maximum atomic E-state index is 9.54. The van der Waals surface area contributed by atoms with Gasteiger partial charge in [-0.1, -0.05) is 13.8 Å². The topological polar surface area (TPSA) is 58.0 Å². The van der Waals surface area contributed by atoms with Gasteiger partial charge in [0.2, 0.25) is 0 Å². The maximum absolute atomic E-state index is 9.54. The molecule has 0 saturated carbocycles. The number of hydrogen-bond acceptors (Lipinski definition) is 5. The number of rotatable bonds is 6. The Balaban J connectivity index is 2.13. The predicted molar refractivity (Wildman–Crippen MR) is 76.2 cm³/mol. The summed E-state index contributed by atoms with van der Waals surface area (Å²) in [4.78, 5) is 10.0. The minimum atomic E-state index is -0.233. The highest BCUT2D eigenvalue weighted by atomic mass is 32.1. The Labute approximate surface area is 111 Å². The molecule has 0 bridgehead atoms. The first-order valence-corrected chi connectivity index (χ1v) is 7.28. The van der Waals surface area contributed by atoms with Gasteiger partial charge in [0.1, 0.15) is 16.5 Å². The summed E-state index contributed by atoms with van der Waals surface area (Å²) in [6.45, 7) is 4.78. The van der Waals surface area contributed by atoms with Crippen molar-refractivity contribution >= 4 is 27.4 Å². The number of nitrogens with zero attached hydrogens (tertiary/aromatic N) is 2. The van der Waals surface area contributed by atoms with E-state index in [0.29, 0.717) is 0 Å². The number of nitrogens with one attached hydrogen (secondary N) is 1. The number of thiophene rings is 1. The minimum absolute atomic E-state index is 0.233. The molecule has 1 atom stereocenters. The zero-order valence-corrected chi connectivity index (χ0v) is 11.6. The van der Waals surface area contributed by atoms with Crippen LogP contribution < -0.4 is 5.32 Å². The van der Waals surface area contributed by atoms with E-state index in [1.165, 1.54) is 0 Å². The second-order valence-corrected chi connectivity index (χ2v) is 5.15. The van der Waals surface area contributed by atoms with Gasteiger partial charge < -0.3 is 10.4 Å². The lowest BCUT2D eigenvalue weighted by molar-refractivity contribution is 0.164. The molecule has 2 aromatic rings. The first-order chi connectivity index (χ1) is 8.74. The van der Waals surface area contributed by atoms with E-state index in [9.17, 15) is 5.11 Å². The van der Waals surface area contributed by atoms with Gasteiger partial charge >= 0.3 is 0 Å². The molecule has 2 N–H and O–H groups in total. The first kappa shape index (κ1) is 13.2. The molecule has 2 aromatic heterocycles. The third kappa shape index (κ3) is 2.97. The Bertz CT molecular complexity index is 512. The fraction of sp³-hybridized carbons (Fsp3) is 0.538. The zero-order valence-electron chi connectivity index (χ0n) is 10.8. The summed E-state index contributed by atoms with van der Waals surface area (Å²) in [5, 5.41) is 16.0. The van der Waals surface area contributed by atoms with Gasteiger partial charge in [0.15, 0.2) is 0 Å². The highest BCUT2D eigenvalue weighted by Crippen LogP contribution is 2.25. The molecule has 0 spiro atoms. The van der Waals surface area contributed by atoms with Crippen molar-refractivity contribution in [3.63, 3.8) is 0 Å². The predicted octanol–water partition coefficient (Wildman–Crippen LogP) is 2.83. The molecule has 0 aliphatic heterocycles. The molecule has 2 heterocycles. The molecule has 0 fully saturated rings. The van der Waals surface area contributed by atoms with Gasteiger partial charge in [0.05, 0.1) is 11.5 Å². The van der Waals surface area contributed by atoms with E-state index in [0.717, 1.165) is 47.7 Å². The van der Waals surface area contributed by atoms with E-state index in [2.05, 4.69) is 22.2 Å². The van der Waals surface area contributed by atoms with Gasteiger partial charge in [-0.3, -0.25) is 0 Å². The third-order valence-electron chi connectivity index (χ3n) is 2.93. The van der Waals surface area contributed by atoms with E-state index in [1.807, 2.05) is 18.4 Å². The normalized spacial score (nSPS) is 12.8. The van der Waals surface area contributed by atoms with E-state index in [1.54, 1.807) is 11.3 Å². The fourth-order valence-corrected chi connectivity index (χ4v) is 2.54. The average Bonchev–Trinajstić information content (AvgIpc) is 2.86. The lowest BCUT2D eigenvalue weighted by Crippen LogP contribution is -2.13. The number of aromatic nitrogens is 2. The molecule has 4 nitrogen and oxygen atoms in total. The molecule has 2 rings (SSSR count). The molecule has 0 aromatic carbocycles. The summed E-state index contributed by atoms with van der Waals surface area (Å²) < 4.78 is 0. The van der Waals surface area contributed by atoms with Crippen LogP contribution in [0.2, 0.25) is 0 Å². The van der Waals surface area contributed by atoms with Crippen LogP contribution in [0.4, 0.5) is 5.82 Å². The SMILES string of the molecule is CCc1nc(NCCC(O)CC)c2ccsc2n1. The van der Waals surface area contributed by atoms with Gasteiger partial charge in [0, 0.05) is 13.0 Å². The molecule has 0 aliphatic carbocycles. The molecule has 98 valence electrons. The van der Waals surface area contributed by atoms with Crippen molar-refractivity contribution in [3.05, 3.63) is 17.3 Å². The van der Waals surface area contributed by atoms with Gasteiger partial charge in [-0.15, -0.1) is 11.3 Å². The van der Waals surface area contributed by atoms with Crippen LogP contribution in [0.1, 0.15) is 32.5 Å². The fourth-order valence-electron chi connectivity index (χ4n) is 1.75. The van der Waals surface area contributed by atoms with Gasteiger partial charge in [0.25, 0.3) is 0 Å². The summed E-state index contributed by atoms with van der Waals surface area (Å²) >= 11 is 1.63. The molecule has 1 unspecified atom stereocenters. The first-order valence-electron chi connectivity index (χ1n) is 6.40. The lowest BCUT2D eigenvalue weighted by atomic mass is 10.2. The highest BCUT2D eigenvalue weighted by Gasteiger charge is 2.08. The second kappa shape index (κ2) is 6.11. The van der Waals surface area contributed by atoms with Crippen molar-refractivity contribution in [1.82, 2.24) is 9.97 Å². The Morgan fingerprint density at radius 1 is 1.39 bits per heavy atom. The van der Waals surface area contributed by atoms with Crippen molar-refractivity contribution in [2.24, 2.45) is 0 Å². The number of hydrogen-bond donors (Lipinski definition) is 2. The van der Waals surface area contributed by atoms with Crippen LogP contribution in [0.3, 0.4) is 0 Å². The van der Waals surface area contributed by atoms with E-state index < -0.39 is 0 Å². The Hall–Kier alpha value is -1.20. The molecule has 0 radical (unpaired) electrons. The Morgan fingerprint density at radius 2 is 2.22 bits per heavy atom. The van der Waals surface area contributed by atoms with Gasteiger partial charge in [-0.2, -0.15) is 0 Å². The molecule has 18 heavy (non-hydrogen) atoms. The second-order valence-electron chi connectivity index (χ2n) is 4.26. The molecule has 5 heteroatoms. The van der Waals surface area contributed by atoms with Crippen molar-refractivity contribution in [2.45, 2.75) is 39.2 Å².